The minimum absolute atomic E-state index is 0.212. The fourth-order valence-electron chi connectivity index (χ4n) is 1.78. The maximum absolute atomic E-state index is 13.5. The molecule has 1 aromatic heterocycles. The predicted octanol–water partition coefficient (Wildman–Crippen LogP) is 2.11. The van der Waals surface area contributed by atoms with Crippen LogP contribution in [0.2, 0.25) is 0 Å². The molecule has 0 bridgehead atoms. The predicted molar refractivity (Wildman–Crippen MR) is 65.0 cm³/mol. The van der Waals surface area contributed by atoms with Crippen molar-refractivity contribution in [1.82, 2.24) is 9.78 Å². The first-order valence-electron chi connectivity index (χ1n) is 5.57. The highest BCUT2D eigenvalue weighted by molar-refractivity contribution is 5.21. The van der Waals surface area contributed by atoms with E-state index in [0.29, 0.717) is 12.0 Å². The molecular formula is C13H16FN3. The zero-order valence-corrected chi connectivity index (χ0v) is 10.0. The van der Waals surface area contributed by atoms with Crippen LogP contribution >= 0.6 is 0 Å². The van der Waals surface area contributed by atoms with Gasteiger partial charge in [-0.2, -0.15) is 5.10 Å². The normalized spacial score (nSPS) is 12.7. The van der Waals surface area contributed by atoms with E-state index in [0.717, 1.165) is 11.4 Å². The number of nitrogens with two attached hydrogens (primary N) is 1. The summed E-state index contributed by atoms with van der Waals surface area (Å²) in [5.41, 5.74) is 8.51. The largest absolute Gasteiger partial charge is 0.322 e. The Bertz CT molecular complexity index is 500. The molecule has 2 rings (SSSR count). The van der Waals surface area contributed by atoms with Crippen LogP contribution < -0.4 is 5.73 Å². The Morgan fingerprint density at radius 1 is 1.41 bits per heavy atom. The topological polar surface area (TPSA) is 43.8 Å². The first kappa shape index (κ1) is 11.8. The van der Waals surface area contributed by atoms with Crippen molar-refractivity contribution >= 4 is 0 Å². The molecule has 1 unspecified atom stereocenters. The Hall–Kier alpha value is -1.68. The van der Waals surface area contributed by atoms with Crippen molar-refractivity contribution in [1.29, 1.82) is 0 Å². The van der Waals surface area contributed by atoms with Crippen LogP contribution in [-0.4, -0.2) is 9.78 Å². The lowest BCUT2D eigenvalue weighted by Crippen LogP contribution is -2.15. The summed E-state index contributed by atoms with van der Waals surface area (Å²) in [6.07, 6.45) is 0.461. The van der Waals surface area contributed by atoms with E-state index in [1.54, 1.807) is 16.8 Å². The molecule has 0 aliphatic carbocycles. The molecule has 4 heteroatoms. The van der Waals surface area contributed by atoms with Crippen molar-refractivity contribution in [2.45, 2.75) is 19.4 Å². The molecule has 0 aliphatic heterocycles. The average molecular weight is 233 g/mol. The van der Waals surface area contributed by atoms with Gasteiger partial charge in [-0.05, 0) is 31.0 Å². The summed E-state index contributed by atoms with van der Waals surface area (Å²) in [4.78, 5) is 0. The van der Waals surface area contributed by atoms with Gasteiger partial charge in [0.05, 0.1) is 11.7 Å². The Morgan fingerprint density at radius 3 is 2.71 bits per heavy atom. The van der Waals surface area contributed by atoms with Gasteiger partial charge in [0.1, 0.15) is 5.82 Å². The summed E-state index contributed by atoms with van der Waals surface area (Å²) in [6, 6.07) is 8.36. The molecule has 1 aromatic carbocycles. The molecule has 0 amide bonds. The molecule has 1 heterocycles. The Morgan fingerprint density at radius 2 is 2.12 bits per heavy atom. The molecular weight excluding hydrogens is 217 g/mol. The molecule has 0 spiro atoms. The number of hydrogen-bond acceptors (Lipinski definition) is 2. The second-order valence-corrected chi connectivity index (χ2v) is 4.24. The zero-order chi connectivity index (χ0) is 12.4. The zero-order valence-electron chi connectivity index (χ0n) is 10.0. The number of hydrogen-bond donors (Lipinski definition) is 1. The highest BCUT2D eigenvalue weighted by Crippen LogP contribution is 2.17. The number of halogens is 1. The van der Waals surface area contributed by atoms with Gasteiger partial charge >= 0.3 is 0 Å². The standard InChI is InChI=1S/C13H16FN3/c1-9-7-13(16-17(9)2)12(15)8-10-5-3-4-6-11(10)14/h3-7,12H,8,15H2,1-2H3. The van der Waals surface area contributed by atoms with E-state index in [1.165, 1.54) is 6.07 Å². The van der Waals surface area contributed by atoms with Crippen molar-refractivity contribution in [2.24, 2.45) is 12.8 Å². The second-order valence-electron chi connectivity index (χ2n) is 4.24. The van der Waals surface area contributed by atoms with Crippen molar-refractivity contribution in [2.75, 3.05) is 0 Å². The highest BCUT2D eigenvalue weighted by atomic mass is 19.1. The lowest BCUT2D eigenvalue weighted by molar-refractivity contribution is 0.585. The highest BCUT2D eigenvalue weighted by Gasteiger charge is 2.13. The van der Waals surface area contributed by atoms with Gasteiger partial charge in [0.25, 0.3) is 0 Å². The van der Waals surface area contributed by atoms with E-state index in [1.807, 2.05) is 26.1 Å². The summed E-state index contributed by atoms with van der Waals surface area (Å²) in [5, 5.41) is 4.31. The fraction of sp³-hybridized carbons (Fsp3) is 0.308. The monoisotopic (exact) mass is 233 g/mol. The van der Waals surface area contributed by atoms with E-state index >= 15 is 0 Å². The molecule has 90 valence electrons. The molecule has 0 fully saturated rings. The molecule has 0 saturated carbocycles. The summed E-state index contributed by atoms with van der Waals surface area (Å²) >= 11 is 0. The van der Waals surface area contributed by atoms with Crippen LogP contribution in [0.1, 0.15) is 23.0 Å². The van der Waals surface area contributed by atoms with E-state index in [4.69, 9.17) is 5.73 Å². The summed E-state index contributed by atoms with van der Waals surface area (Å²) in [6.45, 7) is 1.96. The van der Waals surface area contributed by atoms with Gasteiger partial charge in [-0.15, -0.1) is 0 Å². The van der Waals surface area contributed by atoms with E-state index in [2.05, 4.69) is 5.10 Å². The maximum Gasteiger partial charge on any atom is 0.126 e. The van der Waals surface area contributed by atoms with Gasteiger partial charge in [0.2, 0.25) is 0 Å². The van der Waals surface area contributed by atoms with E-state index in [9.17, 15) is 4.39 Å². The molecule has 0 aliphatic rings. The van der Waals surface area contributed by atoms with Gasteiger partial charge in [0.15, 0.2) is 0 Å². The number of benzene rings is 1. The van der Waals surface area contributed by atoms with Crippen LogP contribution in [0.5, 0.6) is 0 Å². The van der Waals surface area contributed by atoms with Gasteiger partial charge in [-0.3, -0.25) is 4.68 Å². The van der Waals surface area contributed by atoms with Crippen molar-refractivity contribution < 1.29 is 4.39 Å². The lowest BCUT2D eigenvalue weighted by Gasteiger charge is -2.09. The first-order valence-corrected chi connectivity index (χ1v) is 5.57. The third-order valence-corrected chi connectivity index (χ3v) is 2.91. The average Bonchev–Trinajstić information content (AvgIpc) is 2.63. The number of nitrogens with zero attached hydrogens (tertiary/aromatic N) is 2. The van der Waals surface area contributed by atoms with Crippen molar-refractivity contribution in [3.8, 4) is 0 Å². The van der Waals surface area contributed by atoms with Crippen LogP contribution in [0.25, 0.3) is 0 Å². The minimum atomic E-state index is -0.271. The quantitative estimate of drug-likeness (QED) is 0.882. The van der Waals surface area contributed by atoms with Crippen LogP contribution in [0, 0.1) is 12.7 Å². The number of aryl methyl sites for hydroxylation is 2. The van der Waals surface area contributed by atoms with Gasteiger partial charge in [0, 0.05) is 12.7 Å². The molecule has 3 nitrogen and oxygen atoms in total. The van der Waals surface area contributed by atoms with Crippen LogP contribution in [-0.2, 0) is 13.5 Å². The molecule has 1 atom stereocenters. The van der Waals surface area contributed by atoms with Gasteiger partial charge in [-0.25, -0.2) is 4.39 Å². The van der Waals surface area contributed by atoms with E-state index in [-0.39, 0.29) is 11.9 Å². The summed E-state index contributed by atoms with van der Waals surface area (Å²) in [7, 11) is 1.87. The lowest BCUT2D eigenvalue weighted by atomic mass is 10.0. The molecule has 2 aromatic rings. The number of aromatic nitrogens is 2. The SMILES string of the molecule is Cc1cc(C(N)Cc2ccccc2F)nn1C. The molecule has 2 N–H and O–H groups in total. The van der Waals surface area contributed by atoms with Gasteiger partial charge in [-0.1, -0.05) is 18.2 Å². The summed E-state index contributed by atoms with van der Waals surface area (Å²) < 4.78 is 15.2. The fourth-order valence-corrected chi connectivity index (χ4v) is 1.78. The molecule has 0 radical (unpaired) electrons. The maximum atomic E-state index is 13.5. The van der Waals surface area contributed by atoms with Gasteiger partial charge < -0.3 is 5.73 Å². The Kier molecular flexibility index (Phi) is 3.24. The van der Waals surface area contributed by atoms with Crippen LogP contribution in [0.3, 0.4) is 0 Å². The van der Waals surface area contributed by atoms with Crippen molar-refractivity contribution in [3.63, 3.8) is 0 Å². The number of rotatable bonds is 3. The Labute approximate surface area is 100 Å². The second kappa shape index (κ2) is 4.67. The van der Waals surface area contributed by atoms with E-state index < -0.39 is 0 Å². The van der Waals surface area contributed by atoms with Crippen molar-refractivity contribution in [3.05, 3.63) is 53.1 Å². The smallest absolute Gasteiger partial charge is 0.126 e. The summed E-state index contributed by atoms with van der Waals surface area (Å²) in [5.74, 6) is -0.212. The third kappa shape index (κ3) is 2.53. The minimum Gasteiger partial charge on any atom is -0.322 e. The Balaban J connectivity index is 2.17. The van der Waals surface area contributed by atoms with Crippen LogP contribution in [0.4, 0.5) is 4.39 Å². The third-order valence-electron chi connectivity index (χ3n) is 2.91. The first-order chi connectivity index (χ1) is 8.08. The molecule has 17 heavy (non-hydrogen) atoms. The molecule has 0 saturated heterocycles. The van der Waals surface area contributed by atoms with Crippen LogP contribution in [0.15, 0.2) is 30.3 Å².